The van der Waals surface area contributed by atoms with Gasteiger partial charge in [0.15, 0.2) is 11.6 Å². The number of carbonyl (C=O) groups is 1. The van der Waals surface area contributed by atoms with Crippen LogP contribution in [0.15, 0.2) is 18.2 Å². The zero-order valence-electron chi connectivity index (χ0n) is 12.2. The van der Waals surface area contributed by atoms with Crippen LogP contribution >= 0.6 is 0 Å². The van der Waals surface area contributed by atoms with E-state index in [4.69, 9.17) is 5.73 Å². The van der Waals surface area contributed by atoms with Crippen molar-refractivity contribution < 1.29 is 13.6 Å². The van der Waals surface area contributed by atoms with Gasteiger partial charge in [-0.1, -0.05) is 31.9 Å². The first-order valence-electron chi connectivity index (χ1n) is 7.52. The summed E-state index contributed by atoms with van der Waals surface area (Å²) >= 11 is 0. The smallest absolute Gasteiger partial charge is 0.224 e. The first-order chi connectivity index (χ1) is 10.1. The number of hydrogen-bond acceptors (Lipinski definition) is 2. The third-order valence-electron chi connectivity index (χ3n) is 4.05. The standard InChI is InChI=1S/C16H22F2N2O/c1-2-3-5-10(9-19)20-16(21)13-8-12(13)11-6-4-7-14(17)15(11)18/h4,6-7,10,12-13H,2-3,5,8-9,19H2,1H3,(H,20,21). The van der Waals surface area contributed by atoms with Gasteiger partial charge >= 0.3 is 0 Å². The second-order valence-electron chi connectivity index (χ2n) is 5.68. The highest BCUT2D eigenvalue weighted by molar-refractivity contribution is 5.83. The Kier molecular flexibility index (Phi) is 5.28. The number of benzene rings is 1. The van der Waals surface area contributed by atoms with Crippen LogP contribution < -0.4 is 11.1 Å². The minimum Gasteiger partial charge on any atom is -0.352 e. The molecule has 3 atom stereocenters. The summed E-state index contributed by atoms with van der Waals surface area (Å²) in [4.78, 5) is 12.1. The molecule has 0 saturated heterocycles. The van der Waals surface area contributed by atoms with Crippen LogP contribution in [-0.2, 0) is 4.79 Å². The monoisotopic (exact) mass is 296 g/mol. The van der Waals surface area contributed by atoms with E-state index < -0.39 is 11.6 Å². The van der Waals surface area contributed by atoms with Gasteiger partial charge in [-0.3, -0.25) is 4.79 Å². The van der Waals surface area contributed by atoms with Crippen molar-refractivity contribution in [2.45, 2.75) is 44.6 Å². The van der Waals surface area contributed by atoms with Gasteiger partial charge in [0.2, 0.25) is 5.91 Å². The van der Waals surface area contributed by atoms with E-state index in [0.717, 1.165) is 25.3 Å². The van der Waals surface area contributed by atoms with E-state index in [1.165, 1.54) is 6.07 Å². The molecular weight excluding hydrogens is 274 g/mol. The Bertz CT molecular complexity index is 507. The number of nitrogens with two attached hydrogens (primary N) is 1. The lowest BCUT2D eigenvalue weighted by molar-refractivity contribution is -0.123. The summed E-state index contributed by atoms with van der Waals surface area (Å²) in [5.41, 5.74) is 5.95. The van der Waals surface area contributed by atoms with Crippen molar-refractivity contribution in [2.24, 2.45) is 11.7 Å². The van der Waals surface area contributed by atoms with Crippen LogP contribution in [0.2, 0.25) is 0 Å². The lowest BCUT2D eigenvalue weighted by Crippen LogP contribution is -2.41. The van der Waals surface area contributed by atoms with E-state index in [1.807, 2.05) is 0 Å². The van der Waals surface area contributed by atoms with E-state index in [-0.39, 0.29) is 23.8 Å². The largest absolute Gasteiger partial charge is 0.352 e. The summed E-state index contributed by atoms with van der Waals surface area (Å²) in [5, 5.41) is 2.92. The number of halogens is 2. The van der Waals surface area contributed by atoms with Crippen LogP contribution in [0.25, 0.3) is 0 Å². The Morgan fingerprint density at radius 1 is 1.48 bits per heavy atom. The van der Waals surface area contributed by atoms with E-state index in [1.54, 1.807) is 6.07 Å². The van der Waals surface area contributed by atoms with Crippen molar-refractivity contribution >= 4 is 5.91 Å². The molecule has 1 aromatic carbocycles. The molecule has 0 heterocycles. The minimum atomic E-state index is -0.860. The average Bonchev–Trinajstić information content (AvgIpc) is 3.26. The molecule has 0 aromatic heterocycles. The van der Waals surface area contributed by atoms with Crippen molar-refractivity contribution in [1.82, 2.24) is 5.32 Å². The molecule has 3 unspecified atom stereocenters. The molecule has 0 spiro atoms. The van der Waals surface area contributed by atoms with Crippen LogP contribution in [0.3, 0.4) is 0 Å². The van der Waals surface area contributed by atoms with Gasteiger partial charge in [0.25, 0.3) is 0 Å². The number of nitrogens with one attached hydrogen (secondary N) is 1. The second kappa shape index (κ2) is 6.98. The van der Waals surface area contributed by atoms with Crippen molar-refractivity contribution in [3.05, 3.63) is 35.4 Å². The molecular formula is C16H22F2N2O. The van der Waals surface area contributed by atoms with Gasteiger partial charge in [0.1, 0.15) is 0 Å². The van der Waals surface area contributed by atoms with Gasteiger partial charge in [-0.25, -0.2) is 8.78 Å². The SMILES string of the molecule is CCCCC(CN)NC(=O)C1CC1c1cccc(F)c1F. The Balaban J connectivity index is 1.93. The predicted octanol–water partition coefficient (Wildman–Crippen LogP) is 2.70. The van der Waals surface area contributed by atoms with Crippen molar-refractivity contribution in [3.8, 4) is 0 Å². The lowest BCUT2D eigenvalue weighted by atomic mass is 10.1. The minimum absolute atomic E-state index is 0.0314. The highest BCUT2D eigenvalue weighted by Crippen LogP contribution is 2.48. The molecule has 1 fully saturated rings. The summed E-state index contributed by atoms with van der Waals surface area (Å²) in [6.07, 6.45) is 3.48. The van der Waals surface area contributed by atoms with E-state index in [9.17, 15) is 13.6 Å². The van der Waals surface area contributed by atoms with Gasteiger partial charge in [-0.2, -0.15) is 0 Å². The van der Waals surface area contributed by atoms with Crippen LogP contribution in [0.1, 0.15) is 44.1 Å². The second-order valence-corrected chi connectivity index (χ2v) is 5.68. The molecule has 1 amide bonds. The molecule has 0 bridgehead atoms. The third kappa shape index (κ3) is 3.79. The number of rotatable bonds is 7. The van der Waals surface area contributed by atoms with Crippen LogP contribution in [0.5, 0.6) is 0 Å². The molecule has 1 aliphatic carbocycles. The topological polar surface area (TPSA) is 55.1 Å². The Hall–Kier alpha value is -1.49. The van der Waals surface area contributed by atoms with Gasteiger partial charge in [0, 0.05) is 18.5 Å². The average molecular weight is 296 g/mol. The Morgan fingerprint density at radius 2 is 2.24 bits per heavy atom. The van der Waals surface area contributed by atoms with Crippen LogP contribution in [0.4, 0.5) is 8.78 Å². The first-order valence-corrected chi connectivity index (χ1v) is 7.52. The fourth-order valence-electron chi connectivity index (χ4n) is 2.64. The predicted molar refractivity (Wildman–Crippen MR) is 77.7 cm³/mol. The van der Waals surface area contributed by atoms with E-state index >= 15 is 0 Å². The fraction of sp³-hybridized carbons (Fsp3) is 0.562. The molecule has 1 aromatic rings. The van der Waals surface area contributed by atoms with Gasteiger partial charge in [0.05, 0.1) is 0 Å². The van der Waals surface area contributed by atoms with Crippen LogP contribution in [-0.4, -0.2) is 18.5 Å². The van der Waals surface area contributed by atoms with Gasteiger partial charge in [-0.15, -0.1) is 0 Å². The Labute approximate surface area is 123 Å². The molecule has 1 aliphatic rings. The maximum Gasteiger partial charge on any atom is 0.224 e. The summed E-state index contributed by atoms with van der Waals surface area (Å²) in [5.74, 6) is -2.28. The van der Waals surface area contributed by atoms with Crippen molar-refractivity contribution in [2.75, 3.05) is 6.54 Å². The zero-order chi connectivity index (χ0) is 15.4. The lowest BCUT2D eigenvalue weighted by Gasteiger charge is -2.16. The molecule has 3 N–H and O–H groups in total. The normalized spacial score (nSPS) is 21.9. The number of unbranched alkanes of at least 4 members (excludes halogenated alkanes) is 1. The maximum atomic E-state index is 13.7. The number of hydrogen-bond donors (Lipinski definition) is 2. The number of carbonyl (C=O) groups excluding carboxylic acids is 1. The molecule has 1 saturated carbocycles. The molecule has 2 rings (SSSR count). The first kappa shape index (κ1) is 15.9. The quantitative estimate of drug-likeness (QED) is 0.813. The summed E-state index contributed by atoms with van der Waals surface area (Å²) in [6, 6.07) is 4.08. The summed E-state index contributed by atoms with van der Waals surface area (Å²) in [7, 11) is 0. The molecule has 5 heteroatoms. The molecule has 0 radical (unpaired) electrons. The highest BCUT2D eigenvalue weighted by Gasteiger charge is 2.45. The molecule has 116 valence electrons. The molecule has 0 aliphatic heterocycles. The van der Waals surface area contributed by atoms with Crippen molar-refractivity contribution in [1.29, 1.82) is 0 Å². The summed E-state index contributed by atoms with van der Waals surface area (Å²) in [6.45, 7) is 2.48. The third-order valence-corrected chi connectivity index (χ3v) is 4.05. The van der Waals surface area contributed by atoms with E-state index in [2.05, 4.69) is 12.2 Å². The summed E-state index contributed by atoms with van der Waals surface area (Å²) < 4.78 is 26.9. The van der Waals surface area contributed by atoms with E-state index in [0.29, 0.717) is 18.5 Å². The Morgan fingerprint density at radius 3 is 2.90 bits per heavy atom. The van der Waals surface area contributed by atoms with Crippen LogP contribution in [0, 0.1) is 17.6 Å². The number of amides is 1. The maximum absolute atomic E-state index is 13.7. The zero-order valence-corrected chi connectivity index (χ0v) is 12.2. The highest BCUT2D eigenvalue weighted by atomic mass is 19.2. The molecule has 21 heavy (non-hydrogen) atoms. The van der Waals surface area contributed by atoms with Gasteiger partial charge < -0.3 is 11.1 Å². The fourth-order valence-corrected chi connectivity index (χ4v) is 2.64. The molecule has 3 nitrogen and oxygen atoms in total. The van der Waals surface area contributed by atoms with Crippen molar-refractivity contribution in [3.63, 3.8) is 0 Å². The van der Waals surface area contributed by atoms with Gasteiger partial charge in [-0.05, 0) is 30.4 Å².